The molecule has 7 nitrogen and oxygen atoms in total. The number of hydrogen-bond acceptors (Lipinski definition) is 6. The summed E-state index contributed by atoms with van der Waals surface area (Å²) in [4.78, 5) is 18.7. The first-order valence-corrected chi connectivity index (χ1v) is 14.1. The van der Waals surface area contributed by atoms with Crippen molar-refractivity contribution >= 4 is 27.2 Å². The normalized spacial score (nSPS) is 23.2. The van der Waals surface area contributed by atoms with Gasteiger partial charge in [-0.2, -0.15) is 4.31 Å². The second-order valence-electron chi connectivity index (χ2n) is 10.5. The highest BCUT2D eigenvalue weighted by Gasteiger charge is 2.47. The molecule has 0 bridgehead atoms. The van der Waals surface area contributed by atoms with Gasteiger partial charge in [0.05, 0.1) is 16.0 Å². The molecule has 3 heterocycles. The van der Waals surface area contributed by atoms with Crippen molar-refractivity contribution in [3.05, 3.63) is 60.3 Å². The number of piperidine rings is 1. The fraction of sp³-hybridized carbons (Fsp3) is 0.429. The third-order valence-electron chi connectivity index (χ3n) is 7.80. The SMILES string of the molecule is Cc1cnc2cc(-c3ccc(S(=O)(=O)N4CCC5(CC4)CN(C4CC4)CC(C=O)O5)cc3)ccc2c1. The van der Waals surface area contributed by atoms with Crippen LogP contribution in [0.15, 0.2) is 59.6 Å². The van der Waals surface area contributed by atoms with Crippen molar-refractivity contribution < 1.29 is 17.9 Å². The summed E-state index contributed by atoms with van der Waals surface area (Å²) in [5, 5.41) is 1.09. The highest BCUT2D eigenvalue weighted by atomic mass is 32.2. The van der Waals surface area contributed by atoms with E-state index in [9.17, 15) is 13.2 Å². The maximum Gasteiger partial charge on any atom is 0.243 e. The molecule has 6 rings (SSSR count). The van der Waals surface area contributed by atoms with Gasteiger partial charge in [-0.1, -0.05) is 24.3 Å². The number of aldehydes is 1. The summed E-state index contributed by atoms with van der Waals surface area (Å²) in [6.45, 7) is 4.24. The summed E-state index contributed by atoms with van der Waals surface area (Å²) in [5.74, 6) is 0. The molecular formula is C28H31N3O4S. The summed E-state index contributed by atoms with van der Waals surface area (Å²) in [6, 6.07) is 15.9. The summed E-state index contributed by atoms with van der Waals surface area (Å²) in [6.07, 6.45) is 5.87. The van der Waals surface area contributed by atoms with Crippen molar-refractivity contribution in [2.75, 3.05) is 26.2 Å². The number of benzene rings is 2. The van der Waals surface area contributed by atoms with Gasteiger partial charge >= 0.3 is 0 Å². The minimum atomic E-state index is -3.61. The van der Waals surface area contributed by atoms with E-state index < -0.39 is 21.7 Å². The largest absolute Gasteiger partial charge is 0.362 e. The lowest BCUT2D eigenvalue weighted by atomic mass is 9.89. The van der Waals surface area contributed by atoms with Gasteiger partial charge in [0.2, 0.25) is 10.0 Å². The lowest BCUT2D eigenvalue weighted by Gasteiger charge is -2.49. The first-order chi connectivity index (χ1) is 17.3. The van der Waals surface area contributed by atoms with Crippen molar-refractivity contribution in [3.63, 3.8) is 0 Å². The number of fused-ring (bicyclic) bond motifs is 1. The fourth-order valence-electron chi connectivity index (χ4n) is 5.64. The molecular weight excluding hydrogens is 474 g/mol. The molecule has 0 radical (unpaired) electrons. The van der Waals surface area contributed by atoms with Crippen LogP contribution in [-0.2, 0) is 19.6 Å². The third kappa shape index (κ3) is 4.47. The van der Waals surface area contributed by atoms with E-state index >= 15 is 0 Å². The number of hydrogen-bond donors (Lipinski definition) is 0. The monoisotopic (exact) mass is 505 g/mol. The molecule has 8 heteroatoms. The van der Waals surface area contributed by atoms with Crippen LogP contribution in [0, 0.1) is 6.92 Å². The molecule has 1 spiro atoms. The fourth-order valence-corrected chi connectivity index (χ4v) is 7.08. The van der Waals surface area contributed by atoms with Gasteiger partial charge in [-0.05, 0) is 73.6 Å². The number of pyridine rings is 1. The number of sulfonamides is 1. The number of nitrogens with zero attached hydrogens (tertiary/aromatic N) is 3. The molecule has 0 amide bonds. The molecule has 3 fully saturated rings. The smallest absolute Gasteiger partial charge is 0.243 e. The predicted molar refractivity (Wildman–Crippen MR) is 138 cm³/mol. The van der Waals surface area contributed by atoms with Crippen LogP contribution in [0.3, 0.4) is 0 Å². The van der Waals surface area contributed by atoms with E-state index in [0.29, 0.717) is 43.4 Å². The number of aryl methyl sites for hydroxylation is 1. The highest BCUT2D eigenvalue weighted by molar-refractivity contribution is 7.89. The zero-order valence-electron chi connectivity index (χ0n) is 20.5. The van der Waals surface area contributed by atoms with E-state index in [4.69, 9.17) is 4.74 Å². The molecule has 1 atom stereocenters. The Balaban J connectivity index is 1.17. The first-order valence-electron chi connectivity index (χ1n) is 12.7. The Bertz CT molecular complexity index is 1390. The minimum absolute atomic E-state index is 0.298. The first kappa shape index (κ1) is 23.7. The van der Waals surface area contributed by atoms with E-state index in [1.807, 2.05) is 43.5 Å². The Hall–Kier alpha value is -2.65. The summed E-state index contributed by atoms with van der Waals surface area (Å²) < 4.78 is 34.6. The van der Waals surface area contributed by atoms with Crippen LogP contribution in [-0.4, -0.2) is 72.8 Å². The average Bonchev–Trinajstić information content (AvgIpc) is 3.74. The molecule has 1 saturated carbocycles. The number of aromatic nitrogens is 1. The number of rotatable bonds is 5. The van der Waals surface area contributed by atoms with Crippen LogP contribution < -0.4 is 0 Å². The summed E-state index contributed by atoms with van der Waals surface area (Å²) in [7, 11) is -3.61. The Morgan fingerprint density at radius 1 is 1.03 bits per heavy atom. The quantitative estimate of drug-likeness (QED) is 0.491. The van der Waals surface area contributed by atoms with Crippen molar-refractivity contribution in [1.82, 2.24) is 14.2 Å². The van der Waals surface area contributed by atoms with Gasteiger partial charge in [-0.25, -0.2) is 8.42 Å². The number of ether oxygens (including phenoxy) is 1. The topological polar surface area (TPSA) is 79.8 Å². The maximum atomic E-state index is 13.4. The standard InChI is InChI=1S/C28H31N3O4S/c1-20-14-23-3-2-22(15-27(23)29-16-20)21-4-8-26(9-5-21)36(33,34)31-12-10-28(11-13-31)19-30(24-6-7-24)17-25(18-32)35-28/h2-5,8-9,14-16,18,24-25H,6-7,10-13,17,19H2,1H3. The lowest BCUT2D eigenvalue weighted by molar-refractivity contribution is -0.174. The Morgan fingerprint density at radius 2 is 1.75 bits per heavy atom. The molecule has 1 aromatic heterocycles. The summed E-state index contributed by atoms with van der Waals surface area (Å²) in [5.41, 5.74) is 3.55. The molecule has 3 aliphatic rings. The van der Waals surface area contributed by atoms with Crippen LogP contribution >= 0.6 is 0 Å². The predicted octanol–water partition coefficient (Wildman–Crippen LogP) is 3.80. The molecule has 1 unspecified atom stereocenters. The van der Waals surface area contributed by atoms with E-state index in [1.54, 1.807) is 16.4 Å². The maximum absolute atomic E-state index is 13.4. The second-order valence-corrected chi connectivity index (χ2v) is 12.4. The molecule has 2 aromatic carbocycles. The third-order valence-corrected chi connectivity index (χ3v) is 9.71. The van der Waals surface area contributed by atoms with Gasteiger partial charge in [0.1, 0.15) is 12.4 Å². The van der Waals surface area contributed by atoms with Crippen molar-refractivity contribution in [3.8, 4) is 11.1 Å². The van der Waals surface area contributed by atoms with Crippen LogP contribution in [0.4, 0.5) is 0 Å². The van der Waals surface area contributed by atoms with Gasteiger partial charge < -0.3 is 9.53 Å². The van der Waals surface area contributed by atoms with Gasteiger partial charge in [-0.3, -0.25) is 9.88 Å². The lowest BCUT2D eigenvalue weighted by Crippen LogP contribution is -2.60. The van der Waals surface area contributed by atoms with Crippen LogP contribution in [0.2, 0.25) is 0 Å². The zero-order chi connectivity index (χ0) is 24.9. The van der Waals surface area contributed by atoms with E-state index in [1.165, 1.54) is 12.8 Å². The minimum Gasteiger partial charge on any atom is -0.362 e. The zero-order valence-corrected chi connectivity index (χ0v) is 21.3. The van der Waals surface area contributed by atoms with Gasteiger partial charge in [0.25, 0.3) is 0 Å². The second kappa shape index (κ2) is 9.03. The van der Waals surface area contributed by atoms with E-state index in [0.717, 1.165) is 40.4 Å². The van der Waals surface area contributed by atoms with E-state index in [2.05, 4.69) is 16.0 Å². The van der Waals surface area contributed by atoms with Gasteiger partial charge in [-0.15, -0.1) is 0 Å². The van der Waals surface area contributed by atoms with Crippen LogP contribution in [0.5, 0.6) is 0 Å². The number of morpholine rings is 1. The molecule has 0 N–H and O–H groups in total. The molecule has 36 heavy (non-hydrogen) atoms. The van der Waals surface area contributed by atoms with Crippen LogP contribution in [0.25, 0.3) is 22.0 Å². The van der Waals surface area contributed by atoms with Gasteiger partial charge in [0, 0.05) is 43.8 Å². The average molecular weight is 506 g/mol. The molecule has 2 saturated heterocycles. The van der Waals surface area contributed by atoms with E-state index in [-0.39, 0.29) is 0 Å². The number of carbonyl (C=O) groups excluding carboxylic acids is 1. The van der Waals surface area contributed by atoms with Crippen molar-refractivity contribution in [2.24, 2.45) is 0 Å². The summed E-state index contributed by atoms with van der Waals surface area (Å²) >= 11 is 0. The molecule has 2 aliphatic heterocycles. The molecule has 188 valence electrons. The van der Waals surface area contributed by atoms with Crippen LogP contribution in [0.1, 0.15) is 31.2 Å². The van der Waals surface area contributed by atoms with Crippen molar-refractivity contribution in [1.29, 1.82) is 0 Å². The Kier molecular flexibility index (Phi) is 5.95. The Morgan fingerprint density at radius 3 is 2.44 bits per heavy atom. The van der Waals surface area contributed by atoms with Crippen molar-refractivity contribution in [2.45, 2.75) is 55.2 Å². The molecule has 3 aromatic rings. The Labute approximate surface area is 212 Å². The van der Waals surface area contributed by atoms with Gasteiger partial charge in [0.15, 0.2) is 0 Å². The molecule has 1 aliphatic carbocycles. The highest BCUT2D eigenvalue weighted by Crippen LogP contribution is 2.38. The number of carbonyl (C=O) groups is 1.